The second-order valence-electron chi connectivity index (χ2n) is 1.86. The number of nitrogens with zero attached hydrogens (tertiary/aromatic N) is 1. The lowest BCUT2D eigenvalue weighted by Crippen LogP contribution is -2.35. The first kappa shape index (κ1) is 13.7. The number of carbonyl (C=O) groups is 1. The van der Waals surface area contributed by atoms with Gasteiger partial charge in [0.25, 0.3) is 0 Å². The quantitative estimate of drug-likeness (QED) is 0.451. The van der Waals surface area contributed by atoms with Gasteiger partial charge in [-0.3, -0.25) is 4.79 Å². The molecule has 3 N–H and O–H groups in total. The summed E-state index contributed by atoms with van der Waals surface area (Å²) in [5.74, 6) is -0.678. The van der Waals surface area contributed by atoms with Crippen LogP contribution in [0.2, 0.25) is 0 Å². The summed E-state index contributed by atoms with van der Waals surface area (Å²) in [6, 6.07) is 0.808. The molecule has 0 saturated heterocycles. The lowest BCUT2D eigenvalue weighted by atomic mass is 10.3. The van der Waals surface area contributed by atoms with Gasteiger partial charge < -0.3 is 15.6 Å². The van der Waals surface area contributed by atoms with Crippen LogP contribution in [0.1, 0.15) is 6.42 Å². The molecule has 0 rings (SSSR count). The molecule has 0 aliphatic carbocycles. The molecular formula is C6H11ClN2O3. The Balaban J connectivity index is 0. The highest BCUT2D eigenvalue weighted by atomic mass is 35.5. The van der Waals surface area contributed by atoms with Crippen molar-refractivity contribution in [1.29, 1.82) is 5.26 Å². The van der Waals surface area contributed by atoms with E-state index in [2.05, 4.69) is 4.74 Å². The second kappa shape index (κ2) is 8.27. The highest BCUT2D eigenvalue weighted by Gasteiger charge is 2.12. The van der Waals surface area contributed by atoms with Crippen LogP contribution in [0.25, 0.3) is 0 Å². The molecule has 0 aromatic carbocycles. The standard InChI is InChI=1S/C6H10N2O3.ClH/c7-2-1-3-11-6(10)5(8)4-9;/h5,9H,1,3-4,8H2;1H/t5-;/m0./s1. The van der Waals surface area contributed by atoms with E-state index in [4.69, 9.17) is 16.1 Å². The van der Waals surface area contributed by atoms with Crippen LogP contribution >= 0.6 is 12.4 Å². The van der Waals surface area contributed by atoms with E-state index >= 15 is 0 Å². The molecule has 70 valence electrons. The largest absolute Gasteiger partial charge is 0.463 e. The summed E-state index contributed by atoms with van der Waals surface area (Å²) in [6.07, 6.45) is 0.143. The highest BCUT2D eigenvalue weighted by molar-refractivity contribution is 5.85. The average molecular weight is 195 g/mol. The van der Waals surface area contributed by atoms with Crippen molar-refractivity contribution in [2.75, 3.05) is 13.2 Å². The fraction of sp³-hybridized carbons (Fsp3) is 0.667. The molecule has 0 radical (unpaired) electrons. The molecule has 0 unspecified atom stereocenters. The summed E-state index contributed by atoms with van der Waals surface area (Å²) in [6.45, 7) is -0.408. The lowest BCUT2D eigenvalue weighted by Gasteiger charge is -2.06. The van der Waals surface area contributed by atoms with Crippen molar-refractivity contribution in [3.05, 3.63) is 0 Å². The van der Waals surface area contributed by atoms with E-state index in [0.717, 1.165) is 0 Å². The van der Waals surface area contributed by atoms with Crippen molar-refractivity contribution >= 4 is 18.4 Å². The Morgan fingerprint density at radius 3 is 2.75 bits per heavy atom. The second-order valence-corrected chi connectivity index (χ2v) is 1.86. The van der Waals surface area contributed by atoms with E-state index in [1.807, 2.05) is 0 Å². The average Bonchev–Trinajstić information content (AvgIpc) is 2.03. The van der Waals surface area contributed by atoms with Crippen molar-refractivity contribution in [3.8, 4) is 6.07 Å². The van der Waals surface area contributed by atoms with Crippen molar-refractivity contribution in [2.24, 2.45) is 5.73 Å². The molecule has 0 aromatic rings. The van der Waals surface area contributed by atoms with E-state index < -0.39 is 18.6 Å². The van der Waals surface area contributed by atoms with Crippen LogP contribution < -0.4 is 5.73 Å². The molecule has 0 aromatic heterocycles. The Kier molecular flexibility index (Phi) is 9.47. The maximum absolute atomic E-state index is 10.6. The number of nitriles is 1. The Hall–Kier alpha value is -0.830. The minimum absolute atomic E-state index is 0. The van der Waals surface area contributed by atoms with Crippen molar-refractivity contribution in [2.45, 2.75) is 12.5 Å². The van der Waals surface area contributed by atoms with Gasteiger partial charge in [-0.15, -0.1) is 12.4 Å². The number of nitrogens with two attached hydrogens (primary N) is 1. The van der Waals surface area contributed by atoms with Gasteiger partial charge in [0.15, 0.2) is 0 Å². The molecule has 0 fully saturated rings. The van der Waals surface area contributed by atoms with E-state index in [-0.39, 0.29) is 25.4 Å². The SMILES string of the molecule is Cl.N#CCCOC(=O)[C@@H](N)CO. The summed E-state index contributed by atoms with van der Waals surface area (Å²) in [4.78, 5) is 10.6. The third kappa shape index (κ3) is 5.92. The first-order valence-electron chi connectivity index (χ1n) is 3.12. The summed E-state index contributed by atoms with van der Waals surface area (Å²) in [7, 11) is 0. The van der Waals surface area contributed by atoms with E-state index in [1.54, 1.807) is 6.07 Å². The van der Waals surface area contributed by atoms with Gasteiger partial charge in [0.05, 0.1) is 19.1 Å². The number of hydrogen-bond donors (Lipinski definition) is 2. The number of carbonyl (C=O) groups excluding carboxylic acids is 1. The number of aliphatic hydroxyl groups is 1. The number of esters is 1. The van der Waals surface area contributed by atoms with Crippen molar-refractivity contribution in [1.82, 2.24) is 0 Å². The predicted molar refractivity (Wildman–Crippen MR) is 43.5 cm³/mol. The third-order valence-corrected chi connectivity index (χ3v) is 0.958. The van der Waals surface area contributed by atoms with Crippen LogP contribution in [0, 0.1) is 11.3 Å². The fourth-order valence-electron chi connectivity index (χ4n) is 0.379. The highest BCUT2D eigenvalue weighted by Crippen LogP contribution is 1.86. The molecule has 0 aliphatic rings. The minimum atomic E-state index is -0.992. The zero-order valence-electron chi connectivity index (χ0n) is 6.40. The molecule has 1 atom stereocenters. The van der Waals surface area contributed by atoms with Gasteiger partial charge in [-0.25, -0.2) is 0 Å². The Morgan fingerprint density at radius 2 is 2.33 bits per heavy atom. The van der Waals surface area contributed by atoms with Gasteiger partial charge >= 0.3 is 5.97 Å². The van der Waals surface area contributed by atoms with Crippen LogP contribution in [0.5, 0.6) is 0 Å². The minimum Gasteiger partial charge on any atom is -0.463 e. The number of ether oxygens (including phenoxy) is 1. The molecule has 0 saturated carbocycles. The maximum Gasteiger partial charge on any atom is 0.325 e. The number of hydrogen-bond acceptors (Lipinski definition) is 5. The molecule has 0 spiro atoms. The molecule has 6 heteroatoms. The third-order valence-electron chi connectivity index (χ3n) is 0.958. The summed E-state index contributed by atoms with van der Waals surface area (Å²) in [5.41, 5.74) is 5.09. The normalized spacial score (nSPS) is 10.8. The predicted octanol–water partition coefficient (Wildman–Crippen LogP) is -0.815. The first-order valence-corrected chi connectivity index (χ1v) is 3.12. The first-order chi connectivity index (χ1) is 5.22. The van der Waals surface area contributed by atoms with Crippen LogP contribution in [-0.4, -0.2) is 30.3 Å². The van der Waals surface area contributed by atoms with E-state index in [0.29, 0.717) is 0 Å². The Morgan fingerprint density at radius 1 is 1.75 bits per heavy atom. The summed E-state index contributed by atoms with van der Waals surface area (Å²) >= 11 is 0. The molecule has 0 amide bonds. The topological polar surface area (TPSA) is 96.3 Å². The number of rotatable bonds is 4. The maximum atomic E-state index is 10.6. The zero-order valence-corrected chi connectivity index (χ0v) is 7.21. The summed E-state index contributed by atoms with van der Waals surface area (Å²) in [5, 5.41) is 16.4. The molecule has 0 heterocycles. The molecule has 0 bridgehead atoms. The van der Waals surface area contributed by atoms with Crippen molar-refractivity contribution < 1.29 is 14.6 Å². The van der Waals surface area contributed by atoms with Gasteiger partial charge in [-0.05, 0) is 0 Å². The molecule has 5 nitrogen and oxygen atoms in total. The van der Waals surface area contributed by atoms with Gasteiger partial charge in [0, 0.05) is 0 Å². The molecular weight excluding hydrogens is 184 g/mol. The van der Waals surface area contributed by atoms with Crippen LogP contribution in [-0.2, 0) is 9.53 Å². The smallest absolute Gasteiger partial charge is 0.325 e. The fourth-order valence-corrected chi connectivity index (χ4v) is 0.379. The van der Waals surface area contributed by atoms with Crippen LogP contribution in [0.4, 0.5) is 0 Å². The number of aliphatic hydroxyl groups excluding tert-OH is 1. The van der Waals surface area contributed by atoms with E-state index in [9.17, 15) is 4.79 Å². The van der Waals surface area contributed by atoms with Crippen molar-refractivity contribution in [3.63, 3.8) is 0 Å². The van der Waals surface area contributed by atoms with Crippen LogP contribution in [0.3, 0.4) is 0 Å². The molecule has 0 aliphatic heterocycles. The van der Waals surface area contributed by atoms with Gasteiger partial charge in [0.2, 0.25) is 0 Å². The molecule has 12 heavy (non-hydrogen) atoms. The monoisotopic (exact) mass is 194 g/mol. The van der Waals surface area contributed by atoms with Gasteiger partial charge in [-0.1, -0.05) is 0 Å². The Labute approximate surface area is 76.5 Å². The van der Waals surface area contributed by atoms with Gasteiger partial charge in [0.1, 0.15) is 12.6 Å². The number of halogens is 1. The van der Waals surface area contributed by atoms with Crippen LogP contribution in [0.15, 0.2) is 0 Å². The van der Waals surface area contributed by atoms with Gasteiger partial charge in [-0.2, -0.15) is 5.26 Å². The summed E-state index contributed by atoms with van der Waals surface area (Å²) < 4.78 is 4.49. The van der Waals surface area contributed by atoms with E-state index in [1.165, 1.54) is 0 Å². The zero-order chi connectivity index (χ0) is 8.69. The Bertz CT molecular complexity index is 169. The lowest BCUT2D eigenvalue weighted by molar-refractivity contribution is -0.145.